The normalized spacial score (nSPS) is 10.5. The van der Waals surface area contributed by atoms with Crippen LogP contribution >= 0.6 is 11.8 Å². The number of hydrogen-bond donors (Lipinski definition) is 2. The number of anilines is 1. The highest BCUT2D eigenvalue weighted by Gasteiger charge is 2.08. The van der Waals surface area contributed by atoms with E-state index in [1.165, 1.54) is 22.9 Å². The van der Waals surface area contributed by atoms with E-state index in [1.54, 1.807) is 6.92 Å². The number of rotatable bonds is 4. The Bertz CT molecular complexity index is 594. The molecule has 0 unspecified atom stereocenters. The number of thioether (sulfide) groups is 1. The van der Waals surface area contributed by atoms with Gasteiger partial charge in [0, 0.05) is 4.90 Å². The fraction of sp³-hybridized carbons (Fsp3) is 0.308. The average Bonchev–Trinajstić information content (AvgIpc) is 2.76. The first-order valence-corrected chi connectivity index (χ1v) is 6.92. The molecule has 1 amide bonds. The van der Waals surface area contributed by atoms with Crippen LogP contribution < -0.4 is 5.32 Å². The van der Waals surface area contributed by atoms with E-state index in [2.05, 4.69) is 38.7 Å². The standard InChI is InChI=1S/C13H16N4OS/c1-8-4-5-9(2)11(6-8)19-7-12(18)15-13-14-10(3)16-17-13/h4-6H,7H2,1-3H3,(H2,14,15,16,17,18). The van der Waals surface area contributed by atoms with Crippen molar-refractivity contribution in [3.63, 3.8) is 0 Å². The van der Waals surface area contributed by atoms with Crippen LogP contribution in [-0.2, 0) is 4.79 Å². The molecule has 0 fully saturated rings. The highest BCUT2D eigenvalue weighted by molar-refractivity contribution is 8.00. The maximum absolute atomic E-state index is 11.8. The number of nitrogens with one attached hydrogen (secondary N) is 2. The topological polar surface area (TPSA) is 70.7 Å². The molecular weight excluding hydrogens is 260 g/mol. The van der Waals surface area contributed by atoms with Gasteiger partial charge in [-0.15, -0.1) is 16.9 Å². The third-order valence-corrected chi connectivity index (χ3v) is 3.71. The molecule has 0 spiro atoms. The lowest BCUT2D eigenvalue weighted by molar-refractivity contribution is -0.113. The van der Waals surface area contributed by atoms with Crippen molar-refractivity contribution >= 4 is 23.6 Å². The number of amides is 1. The van der Waals surface area contributed by atoms with E-state index in [4.69, 9.17) is 0 Å². The van der Waals surface area contributed by atoms with Crippen LogP contribution in [0.3, 0.4) is 0 Å². The zero-order chi connectivity index (χ0) is 13.8. The molecular formula is C13H16N4OS. The van der Waals surface area contributed by atoms with Gasteiger partial charge in [-0.3, -0.25) is 15.2 Å². The summed E-state index contributed by atoms with van der Waals surface area (Å²) in [6.07, 6.45) is 0. The molecule has 1 aromatic heterocycles. The van der Waals surface area contributed by atoms with Gasteiger partial charge in [-0.1, -0.05) is 17.7 Å². The number of aromatic nitrogens is 3. The molecule has 6 heteroatoms. The van der Waals surface area contributed by atoms with E-state index in [-0.39, 0.29) is 5.91 Å². The summed E-state index contributed by atoms with van der Waals surface area (Å²) in [6, 6.07) is 6.22. The lowest BCUT2D eigenvalue weighted by atomic mass is 10.2. The predicted octanol–water partition coefficient (Wildman–Crippen LogP) is 2.46. The van der Waals surface area contributed by atoms with Crippen LogP contribution in [0.5, 0.6) is 0 Å². The summed E-state index contributed by atoms with van der Waals surface area (Å²) in [4.78, 5) is 16.9. The quantitative estimate of drug-likeness (QED) is 0.842. The molecule has 0 saturated heterocycles. The van der Waals surface area contributed by atoms with Gasteiger partial charge in [0.2, 0.25) is 11.9 Å². The molecule has 19 heavy (non-hydrogen) atoms. The van der Waals surface area contributed by atoms with Crippen LogP contribution in [-0.4, -0.2) is 26.8 Å². The largest absolute Gasteiger partial charge is 0.292 e. The fourth-order valence-electron chi connectivity index (χ4n) is 1.57. The van der Waals surface area contributed by atoms with Gasteiger partial charge in [0.05, 0.1) is 5.75 Å². The summed E-state index contributed by atoms with van der Waals surface area (Å²) in [6.45, 7) is 5.87. The number of nitrogens with zero attached hydrogens (tertiary/aromatic N) is 2. The minimum Gasteiger partial charge on any atom is -0.292 e. The van der Waals surface area contributed by atoms with Crippen molar-refractivity contribution in [2.45, 2.75) is 25.7 Å². The van der Waals surface area contributed by atoms with Gasteiger partial charge < -0.3 is 0 Å². The second-order valence-corrected chi connectivity index (χ2v) is 5.37. The molecule has 100 valence electrons. The maximum Gasteiger partial charge on any atom is 0.248 e. The first-order chi connectivity index (χ1) is 9.04. The Kier molecular flexibility index (Phi) is 4.21. The van der Waals surface area contributed by atoms with Gasteiger partial charge >= 0.3 is 0 Å². The Balaban J connectivity index is 1.91. The molecule has 0 radical (unpaired) electrons. The highest BCUT2D eigenvalue weighted by atomic mass is 32.2. The van der Waals surface area contributed by atoms with E-state index in [9.17, 15) is 4.79 Å². The summed E-state index contributed by atoms with van der Waals surface area (Å²) >= 11 is 1.52. The van der Waals surface area contributed by atoms with E-state index >= 15 is 0 Å². The number of aryl methyl sites for hydroxylation is 3. The maximum atomic E-state index is 11.8. The summed E-state index contributed by atoms with van der Waals surface area (Å²) in [5.74, 6) is 1.24. The third-order valence-electron chi connectivity index (χ3n) is 2.55. The number of benzene rings is 1. The first-order valence-electron chi connectivity index (χ1n) is 5.93. The Hall–Kier alpha value is -1.82. The van der Waals surface area contributed by atoms with Crippen molar-refractivity contribution in [1.29, 1.82) is 0 Å². The molecule has 5 nitrogen and oxygen atoms in total. The zero-order valence-corrected chi connectivity index (χ0v) is 12.0. The number of carbonyl (C=O) groups excluding carboxylic acids is 1. The van der Waals surface area contributed by atoms with E-state index in [0.29, 0.717) is 17.5 Å². The van der Waals surface area contributed by atoms with Gasteiger partial charge in [0.25, 0.3) is 0 Å². The smallest absolute Gasteiger partial charge is 0.248 e. The van der Waals surface area contributed by atoms with Crippen LogP contribution in [0.4, 0.5) is 5.95 Å². The van der Waals surface area contributed by atoms with Gasteiger partial charge in [-0.05, 0) is 32.4 Å². The van der Waals surface area contributed by atoms with Gasteiger partial charge in [0.15, 0.2) is 0 Å². The van der Waals surface area contributed by atoms with Crippen LogP contribution in [0.1, 0.15) is 17.0 Å². The second kappa shape index (κ2) is 5.88. The van der Waals surface area contributed by atoms with E-state index in [0.717, 1.165) is 4.90 Å². The molecule has 0 aliphatic rings. The van der Waals surface area contributed by atoms with Crippen molar-refractivity contribution in [3.8, 4) is 0 Å². The molecule has 2 aromatic rings. The number of H-pyrrole nitrogens is 1. The molecule has 0 saturated carbocycles. The number of carbonyl (C=O) groups is 1. The Morgan fingerprint density at radius 1 is 1.37 bits per heavy atom. The van der Waals surface area contributed by atoms with Gasteiger partial charge in [-0.25, -0.2) is 0 Å². The summed E-state index contributed by atoms with van der Waals surface area (Å²) in [5.41, 5.74) is 2.37. The van der Waals surface area contributed by atoms with Crippen molar-refractivity contribution in [1.82, 2.24) is 15.2 Å². The SMILES string of the molecule is Cc1ccc(C)c(SCC(=O)Nc2n[nH]c(C)n2)c1. The molecule has 1 aromatic carbocycles. The van der Waals surface area contributed by atoms with E-state index < -0.39 is 0 Å². The lowest BCUT2D eigenvalue weighted by Gasteiger charge is -2.06. The molecule has 0 atom stereocenters. The first kappa shape index (κ1) is 13.6. The van der Waals surface area contributed by atoms with Crippen LogP contribution in [0.15, 0.2) is 23.1 Å². The summed E-state index contributed by atoms with van der Waals surface area (Å²) in [5, 5.41) is 9.20. The molecule has 2 N–H and O–H groups in total. The Morgan fingerprint density at radius 3 is 2.84 bits per heavy atom. The molecule has 0 aliphatic carbocycles. The van der Waals surface area contributed by atoms with Crippen molar-refractivity contribution in [2.24, 2.45) is 0 Å². The average molecular weight is 276 g/mol. The van der Waals surface area contributed by atoms with Crippen molar-refractivity contribution in [2.75, 3.05) is 11.1 Å². The summed E-state index contributed by atoms with van der Waals surface area (Å²) < 4.78 is 0. The lowest BCUT2D eigenvalue weighted by Crippen LogP contribution is -2.15. The zero-order valence-electron chi connectivity index (χ0n) is 11.2. The predicted molar refractivity (Wildman–Crippen MR) is 76.4 cm³/mol. The third kappa shape index (κ3) is 3.82. The molecule has 0 bridgehead atoms. The fourth-order valence-corrected chi connectivity index (χ4v) is 2.49. The highest BCUT2D eigenvalue weighted by Crippen LogP contribution is 2.23. The monoisotopic (exact) mass is 276 g/mol. The molecule has 0 aliphatic heterocycles. The van der Waals surface area contributed by atoms with Crippen molar-refractivity contribution < 1.29 is 4.79 Å². The summed E-state index contributed by atoms with van der Waals surface area (Å²) in [7, 11) is 0. The van der Waals surface area contributed by atoms with Crippen LogP contribution in [0.25, 0.3) is 0 Å². The Morgan fingerprint density at radius 2 is 2.16 bits per heavy atom. The van der Waals surface area contributed by atoms with Gasteiger partial charge in [0.1, 0.15) is 5.82 Å². The number of aromatic amines is 1. The Labute approximate surface area is 116 Å². The van der Waals surface area contributed by atoms with Gasteiger partial charge in [-0.2, -0.15) is 4.98 Å². The van der Waals surface area contributed by atoms with Crippen LogP contribution in [0.2, 0.25) is 0 Å². The molecule has 1 heterocycles. The number of hydrogen-bond acceptors (Lipinski definition) is 4. The molecule has 2 rings (SSSR count). The second-order valence-electron chi connectivity index (χ2n) is 4.35. The minimum atomic E-state index is -0.107. The minimum absolute atomic E-state index is 0.107. The van der Waals surface area contributed by atoms with Crippen molar-refractivity contribution in [3.05, 3.63) is 35.2 Å². The van der Waals surface area contributed by atoms with E-state index in [1.807, 2.05) is 13.8 Å². The van der Waals surface area contributed by atoms with Crippen LogP contribution in [0, 0.1) is 20.8 Å².